The fourth-order valence-electron chi connectivity index (χ4n) is 2.27. The summed E-state index contributed by atoms with van der Waals surface area (Å²) in [7, 11) is 1.87. The maximum Gasteiger partial charge on any atom is 0.240 e. The van der Waals surface area contributed by atoms with E-state index in [1.54, 1.807) is 6.20 Å². The van der Waals surface area contributed by atoms with Crippen molar-refractivity contribution in [3.63, 3.8) is 0 Å². The van der Waals surface area contributed by atoms with Crippen molar-refractivity contribution in [2.75, 3.05) is 18.9 Å². The number of nitrogens with one attached hydrogen (secondary N) is 1. The second-order valence-electron chi connectivity index (χ2n) is 8.05. The molecule has 8 heteroatoms. The zero-order valence-corrected chi connectivity index (χ0v) is 17.5. The average molecular weight is 380 g/mol. The van der Waals surface area contributed by atoms with Gasteiger partial charge in [-0.2, -0.15) is 0 Å². The van der Waals surface area contributed by atoms with Gasteiger partial charge in [0.1, 0.15) is 10.8 Å². The Kier molecular flexibility index (Phi) is 6.52. The molecule has 2 aromatic heterocycles. The lowest BCUT2D eigenvalue weighted by molar-refractivity contribution is -0.117. The number of carbonyl (C=O) groups is 1. The van der Waals surface area contributed by atoms with E-state index in [-0.39, 0.29) is 23.9 Å². The Balaban J connectivity index is 1.91. The number of aromatic nitrogens is 3. The molecule has 0 aliphatic carbocycles. The highest BCUT2D eigenvalue weighted by molar-refractivity contribution is 7.15. The van der Waals surface area contributed by atoms with Gasteiger partial charge in [0.05, 0.1) is 18.8 Å². The summed E-state index contributed by atoms with van der Waals surface area (Å²) in [5.74, 6) is 1.83. The van der Waals surface area contributed by atoms with Crippen LogP contribution in [-0.2, 0) is 16.6 Å². The van der Waals surface area contributed by atoms with Crippen LogP contribution in [0.15, 0.2) is 10.6 Å². The van der Waals surface area contributed by atoms with Crippen LogP contribution in [0, 0.1) is 5.92 Å². The Labute approximate surface area is 159 Å². The van der Waals surface area contributed by atoms with Crippen molar-refractivity contribution < 1.29 is 9.21 Å². The van der Waals surface area contributed by atoms with Crippen molar-refractivity contribution in [2.24, 2.45) is 5.92 Å². The lowest BCUT2D eigenvalue weighted by Crippen LogP contribution is -2.32. The van der Waals surface area contributed by atoms with Crippen LogP contribution in [0.25, 0.3) is 0 Å². The third kappa shape index (κ3) is 5.60. The Morgan fingerprint density at radius 3 is 2.58 bits per heavy atom. The van der Waals surface area contributed by atoms with Gasteiger partial charge in [0, 0.05) is 11.8 Å². The van der Waals surface area contributed by atoms with E-state index < -0.39 is 0 Å². The molecule has 2 aromatic rings. The molecular weight excluding hydrogens is 350 g/mol. The first-order chi connectivity index (χ1) is 12.1. The van der Waals surface area contributed by atoms with Crippen molar-refractivity contribution in [3.8, 4) is 0 Å². The first kappa shape index (κ1) is 20.5. The number of hydrogen-bond donors (Lipinski definition) is 1. The molecule has 7 nitrogen and oxygen atoms in total. The van der Waals surface area contributed by atoms with E-state index in [9.17, 15) is 4.79 Å². The van der Waals surface area contributed by atoms with E-state index in [0.29, 0.717) is 16.9 Å². The third-order valence-electron chi connectivity index (χ3n) is 3.97. The molecule has 144 valence electrons. The van der Waals surface area contributed by atoms with Gasteiger partial charge < -0.3 is 4.42 Å². The van der Waals surface area contributed by atoms with E-state index >= 15 is 0 Å². The number of amides is 1. The van der Waals surface area contributed by atoms with E-state index in [1.165, 1.54) is 11.3 Å². The quantitative estimate of drug-likeness (QED) is 0.790. The maximum atomic E-state index is 12.3. The molecule has 0 unspecified atom stereocenters. The van der Waals surface area contributed by atoms with Crippen molar-refractivity contribution in [1.82, 2.24) is 20.1 Å². The molecular formula is C18H29N5O2S. The van der Waals surface area contributed by atoms with Gasteiger partial charge >= 0.3 is 0 Å². The van der Waals surface area contributed by atoms with E-state index in [0.717, 1.165) is 17.2 Å². The molecule has 26 heavy (non-hydrogen) atoms. The lowest BCUT2D eigenvalue weighted by atomic mass is 9.94. The van der Waals surface area contributed by atoms with Crippen molar-refractivity contribution in [3.05, 3.63) is 22.9 Å². The minimum atomic E-state index is -0.130. The van der Waals surface area contributed by atoms with Gasteiger partial charge in [0.15, 0.2) is 0 Å². The summed E-state index contributed by atoms with van der Waals surface area (Å²) >= 11 is 1.42. The first-order valence-corrected chi connectivity index (χ1v) is 9.66. The van der Waals surface area contributed by atoms with Gasteiger partial charge in [0.25, 0.3) is 0 Å². The van der Waals surface area contributed by atoms with Crippen molar-refractivity contribution >= 4 is 22.4 Å². The highest BCUT2D eigenvalue weighted by Gasteiger charge is 2.24. The summed E-state index contributed by atoms with van der Waals surface area (Å²) in [4.78, 5) is 18.5. The molecule has 0 fully saturated rings. The largest absolute Gasteiger partial charge is 0.443 e. The highest BCUT2D eigenvalue weighted by Crippen LogP contribution is 2.26. The zero-order chi connectivity index (χ0) is 19.5. The SMILES string of the molecule is CC(C)Cc1nnc(NC(=O)CN(C)[C@H](C)c2ncc(C(C)(C)C)o2)s1. The van der Waals surface area contributed by atoms with Crippen LogP contribution in [0.1, 0.15) is 64.2 Å². The molecule has 0 saturated heterocycles. The Bertz CT molecular complexity index is 732. The van der Waals surface area contributed by atoms with Gasteiger partial charge in [-0.25, -0.2) is 4.98 Å². The van der Waals surface area contributed by atoms with Crippen LogP contribution in [0.3, 0.4) is 0 Å². The number of oxazole rings is 1. The van der Waals surface area contributed by atoms with E-state index in [2.05, 4.69) is 55.1 Å². The summed E-state index contributed by atoms with van der Waals surface area (Å²) in [6.45, 7) is 12.7. The number of anilines is 1. The second-order valence-corrected chi connectivity index (χ2v) is 9.11. The molecule has 0 aliphatic heterocycles. The third-order valence-corrected chi connectivity index (χ3v) is 4.83. The maximum absolute atomic E-state index is 12.3. The van der Waals surface area contributed by atoms with Crippen LogP contribution in [0.5, 0.6) is 0 Å². The van der Waals surface area contributed by atoms with E-state index in [1.807, 2.05) is 18.9 Å². The number of hydrogen-bond acceptors (Lipinski definition) is 7. The topological polar surface area (TPSA) is 84.2 Å². The molecule has 0 aliphatic rings. The molecule has 0 spiro atoms. The molecule has 0 aromatic carbocycles. The van der Waals surface area contributed by atoms with Gasteiger partial charge in [-0.3, -0.25) is 15.0 Å². The van der Waals surface area contributed by atoms with Gasteiger partial charge in [-0.15, -0.1) is 10.2 Å². The van der Waals surface area contributed by atoms with E-state index in [4.69, 9.17) is 4.42 Å². The second kappa shape index (κ2) is 8.26. The summed E-state index contributed by atoms with van der Waals surface area (Å²) in [5.41, 5.74) is -0.0908. The molecule has 1 amide bonds. The molecule has 2 heterocycles. The molecule has 0 saturated carbocycles. The Morgan fingerprint density at radius 2 is 2.00 bits per heavy atom. The standard InChI is InChI=1S/C18H29N5O2S/c1-11(2)8-15-21-22-17(26-15)20-14(24)10-23(7)12(3)16-19-9-13(25-16)18(4,5)6/h9,11-12H,8,10H2,1-7H3,(H,20,22,24)/t12-/m1/s1. The molecule has 0 bridgehead atoms. The minimum absolute atomic E-state index is 0.0908. The first-order valence-electron chi connectivity index (χ1n) is 8.85. The molecule has 0 radical (unpaired) electrons. The average Bonchev–Trinajstić information content (AvgIpc) is 3.14. The van der Waals surface area contributed by atoms with Crippen LogP contribution in [0.4, 0.5) is 5.13 Å². The van der Waals surface area contributed by atoms with Crippen LogP contribution >= 0.6 is 11.3 Å². The number of rotatable bonds is 7. The fraction of sp³-hybridized carbons (Fsp3) is 0.667. The predicted molar refractivity (Wildman–Crippen MR) is 103 cm³/mol. The van der Waals surface area contributed by atoms with Gasteiger partial charge in [0.2, 0.25) is 16.9 Å². The fourth-order valence-corrected chi connectivity index (χ4v) is 3.24. The summed E-state index contributed by atoms with van der Waals surface area (Å²) in [6, 6.07) is -0.109. The predicted octanol–water partition coefficient (Wildman–Crippen LogP) is 3.65. The van der Waals surface area contributed by atoms with Crippen molar-refractivity contribution in [2.45, 2.75) is 59.4 Å². The Hall–Kier alpha value is -1.80. The van der Waals surface area contributed by atoms with Crippen LogP contribution < -0.4 is 5.32 Å². The summed E-state index contributed by atoms with van der Waals surface area (Å²) < 4.78 is 5.87. The Morgan fingerprint density at radius 1 is 1.31 bits per heavy atom. The number of nitrogens with zero attached hydrogens (tertiary/aromatic N) is 4. The molecule has 1 atom stereocenters. The number of carbonyl (C=O) groups excluding carboxylic acids is 1. The molecule has 1 N–H and O–H groups in total. The summed E-state index contributed by atoms with van der Waals surface area (Å²) in [5, 5.41) is 12.4. The van der Waals surface area contributed by atoms with Crippen LogP contribution in [0.2, 0.25) is 0 Å². The van der Waals surface area contributed by atoms with Gasteiger partial charge in [-0.1, -0.05) is 46.0 Å². The highest BCUT2D eigenvalue weighted by atomic mass is 32.1. The van der Waals surface area contributed by atoms with Crippen LogP contribution in [-0.4, -0.2) is 39.6 Å². The molecule has 2 rings (SSSR count). The van der Waals surface area contributed by atoms with Gasteiger partial charge in [-0.05, 0) is 19.9 Å². The summed E-state index contributed by atoms with van der Waals surface area (Å²) in [6.07, 6.45) is 2.63. The lowest BCUT2D eigenvalue weighted by Gasteiger charge is -2.21. The van der Waals surface area contributed by atoms with Crippen molar-refractivity contribution in [1.29, 1.82) is 0 Å². The monoisotopic (exact) mass is 379 g/mol. The zero-order valence-electron chi connectivity index (χ0n) is 16.7. The minimum Gasteiger partial charge on any atom is -0.443 e. The normalized spacial score (nSPS) is 13.4. The smallest absolute Gasteiger partial charge is 0.240 e. The number of likely N-dealkylation sites (N-methyl/N-ethyl adjacent to an activating group) is 1.